The fourth-order valence-electron chi connectivity index (χ4n) is 2.06. The highest BCUT2D eigenvalue weighted by molar-refractivity contribution is 5.87. The van der Waals surface area contributed by atoms with Crippen molar-refractivity contribution in [2.24, 2.45) is 0 Å². The van der Waals surface area contributed by atoms with Gasteiger partial charge in [-0.3, -0.25) is 4.79 Å². The summed E-state index contributed by atoms with van der Waals surface area (Å²) in [6.07, 6.45) is 0.231. The van der Waals surface area contributed by atoms with Crippen molar-refractivity contribution in [1.29, 1.82) is 0 Å². The van der Waals surface area contributed by atoms with Crippen LogP contribution in [0.1, 0.15) is 21.6 Å². The fraction of sp³-hybridized carbons (Fsp3) is 0.154. The third-order valence-corrected chi connectivity index (χ3v) is 3.03. The Bertz CT molecular complexity index is 685. The summed E-state index contributed by atoms with van der Waals surface area (Å²) in [5.74, 6) is -0.864. The number of hydrogen-bond donors (Lipinski definition) is 1. The van der Waals surface area contributed by atoms with Crippen LogP contribution >= 0.6 is 0 Å². The molecule has 0 spiro atoms. The van der Waals surface area contributed by atoms with E-state index in [1.54, 1.807) is 12.1 Å². The Kier molecular flexibility index (Phi) is 2.38. The Hall–Kier alpha value is -2.63. The molecule has 2 aromatic rings. The zero-order valence-corrected chi connectivity index (χ0v) is 10.1. The van der Waals surface area contributed by atoms with Crippen molar-refractivity contribution in [3.05, 3.63) is 41.1 Å². The van der Waals surface area contributed by atoms with Crippen LogP contribution in [0.3, 0.4) is 0 Å². The number of carbonyl (C=O) groups excluding carboxylic acids is 1. The van der Waals surface area contributed by atoms with Crippen molar-refractivity contribution in [2.75, 3.05) is 0 Å². The molecule has 0 unspecified atom stereocenters. The van der Waals surface area contributed by atoms with Gasteiger partial charge in [-0.2, -0.15) is 5.10 Å². The molecule has 1 aliphatic heterocycles. The number of hydrogen-bond acceptors (Lipinski definition) is 4. The Balaban J connectivity index is 2.06. The van der Waals surface area contributed by atoms with E-state index in [1.807, 2.05) is 6.92 Å². The maximum absolute atomic E-state index is 11.3. The summed E-state index contributed by atoms with van der Waals surface area (Å²) in [6, 6.07) is 6.22. The van der Waals surface area contributed by atoms with E-state index in [9.17, 15) is 9.59 Å². The van der Waals surface area contributed by atoms with Gasteiger partial charge in [0, 0.05) is 5.56 Å². The van der Waals surface area contributed by atoms with Crippen molar-refractivity contribution < 1.29 is 19.4 Å². The number of fused-ring (bicyclic) bond motifs is 1. The fourth-order valence-corrected chi connectivity index (χ4v) is 2.06. The van der Waals surface area contributed by atoms with Crippen LogP contribution in [0.4, 0.5) is 0 Å². The summed E-state index contributed by atoms with van der Waals surface area (Å²) in [4.78, 5) is 22.1. The van der Waals surface area contributed by atoms with Gasteiger partial charge in [0.15, 0.2) is 0 Å². The normalized spacial score (nSPS) is 13.2. The van der Waals surface area contributed by atoms with E-state index in [2.05, 4.69) is 5.10 Å². The second-order valence-electron chi connectivity index (χ2n) is 4.28. The van der Waals surface area contributed by atoms with Crippen LogP contribution in [0.15, 0.2) is 24.3 Å². The van der Waals surface area contributed by atoms with E-state index in [1.165, 1.54) is 16.8 Å². The quantitative estimate of drug-likeness (QED) is 0.822. The zero-order chi connectivity index (χ0) is 13.6. The monoisotopic (exact) mass is 258 g/mol. The average Bonchev–Trinajstić information content (AvgIpc) is 2.89. The zero-order valence-electron chi connectivity index (χ0n) is 10.1. The summed E-state index contributed by atoms with van der Waals surface area (Å²) in [5, 5.41) is 13.2. The standard InChI is InChI=1S/C13H10N2O4/c1-7-10-6-11(16)19-12(10)15(14-7)9-4-2-8(3-5-9)13(17)18/h2-5H,6H2,1H3,(H,17,18). The highest BCUT2D eigenvalue weighted by Gasteiger charge is 2.28. The van der Waals surface area contributed by atoms with Gasteiger partial charge in [0.2, 0.25) is 5.88 Å². The van der Waals surface area contributed by atoms with Gasteiger partial charge in [-0.1, -0.05) is 0 Å². The molecule has 0 aliphatic carbocycles. The van der Waals surface area contributed by atoms with Crippen LogP contribution in [0.25, 0.3) is 5.69 Å². The lowest BCUT2D eigenvalue weighted by Crippen LogP contribution is -2.07. The van der Waals surface area contributed by atoms with Crippen LogP contribution in [0.2, 0.25) is 0 Å². The molecule has 96 valence electrons. The van der Waals surface area contributed by atoms with E-state index in [0.29, 0.717) is 11.6 Å². The lowest BCUT2D eigenvalue weighted by atomic mass is 10.2. The van der Waals surface area contributed by atoms with E-state index >= 15 is 0 Å². The van der Waals surface area contributed by atoms with E-state index in [0.717, 1.165) is 11.3 Å². The van der Waals surface area contributed by atoms with Crippen LogP contribution in [0.5, 0.6) is 5.88 Å². The van der Waals surface area contributed by atoms with Gasteiger partial charge in [0.1, 0.15) is 0 Å². The molecule has 0 atom stereocenters. The molecular formula is C13H10N2O4. The molecule has 3 rings (SSSR count). The first-order valence-corrected chi connectivity index (χ1v) is 5.69. The minimum Gasteiger partial charge on any atom is -0.478 e. The Labute approximate surface area is 108 Å². The molecule has 0 amide bonds. The largest absolute Gasteiger partial charge is 0.478 e. The van der Waals surface area contributed by atoms with Gasteiger partial charge >= 0.3 is 11.9 Å². The number of carboxylic acids is 1. The van der Waals surface area contributed by atoms with Crippen molar-refractivity contribution in [3.63, 3.8) is 0 Å². The van der Waals surface area contributed by atoms with E-state index in [4.69, 9.17) is 9.84 Å². The molecule has 0 radical (unpaired) electrons. The first-order valence-electron chi connectivity index (χ1n) is 5.69. The number of aryl methyl sites for hydroxylation is 1. The molecule has 2 heterocycles. The van der Waals surface area contributed by atoms with E-state index < -0.39 is 5.97 Å². The molecule has 0 saturated heterocycles. The third kappa shape index (κ3) is 1.77. The molecule has 1 aliphatic rings. The van der Waals surface area contributed by atoms with Gasteiger partial charge in [0.25, 0.3) is 0 Å². The van der Waals surface area contributed by atoms with Crippen molar-refractivity contribution in [3.8, 4) is 11.6 Å². The maximum atomic E-state index is 11.3. The smallest absolute Gasteiger partial charge is 0.335 e. The number of ether oxygens (including phenoxy) is 1. The minimum absolute atomic E-state index is 0.196. The van der Waals surface area contributed by atoms with Gasteiger partial charge in [0.05, 0.1) is 23.4 Å². The minimum atomic E-state index is -0.986. The number of benzene rings is 1. The SMILES string of the molecule is Cc1nn(-c2ccc(C(=O)O)cc2)c2c1CC(=O)O2. The van der Waals surface area contributed by atoms with Crippen molar-refractivity contribution >= 4 is 11.9 Å². The van der Waals surface area contributed by atoms with Crippen LogP contribution < -0.4 is 4.74 Å². The summed E-state index contributed by atoms with van der Waals surface area (Å²) < 4.78 is 6.65. The maximum Gasteiger partial charge on any atom is 0.335 e. The van der Waals surface area contributed by atoms with Crippen molar-refractivity contribution in [2.45, 2.75) is 13.3 Å². The number of aromatic nitrogens is 2. The lowest BCUT2D eigenvalue weighted by Gasteiger charge is -2.05. The third-order valence-electron chi connectivity index (χ3n) is 3.03. The highest BCUT2D eigenvalue weighted by atomic mass is 16.5. The van der Waals surface area contributed by atoms with Gasteiger partial charge < -0.3 is 9.84 Å². The lowest BCUT2D eigenvalue weighted by molar-refractivity contribution is -0.132. The number of carboxylic acid groups (broad SMARTS) is 1. The molecule has 1 aromatic carbocycles. The molecule has 0 fully saturated rings. The molecule has 1 N–H and O–H groups in total. The molecule has 6 heteroatoms. The first kappa shape index (κ1) is 11.5. The topological polar surface area (TPSA) is 81.4 Å². The molecule has 0 bridgehead atoms. The molecular weight excluding hydrogens is 248 g/mol. The van der Waals surface area contributed by atoms with Crippen LogP contribution in [-0.2, 0) is 11.2 Å². The molecule has 19 heavy (non-hydrogen) atoms. The summed E-state index contributed by atoms with van der Waals surface area (Å²) in [6.45, 7) is 1.81. The number of carbonyl (C=O) groups is 2. The Morgan fingerprint density at radius 1 is 1.37 bits per heavy atom. The summed E-state index contributed by atoms with van der Waals surface area (Å²) >= 11 is 0. The predicted octanol–water partition coefficient (Wildman–Crippen LogP) is 1.34. The Morgan fingerprint density at radius 2 is 2.05 bits per heavy atom. The number of rotatable bonds is 2. The summed E-state index contributed by atoms with van der Waals surface area (Å²) in [5.41, 5.74) is 2.38. The van der Waals surface area contributed by atoms with Crippen LogP contribution in [0, 0.1) is 6.92 Å². The molecule has 6 nitrogen and oxygen atoms in total. The second kappa shape index (κ2) is 3.94. The second-order valence-corrected chi connectivity index (χ2v) is 4.28. The summed E-state index contributed by atoms with van der Waals surface area (Å²) in [7, 11) is 0. The van der Waals surface area contributed by atoms with Gasteiger partial charge in [-0.15, -0.1) is 0 Å². The first-order chi connectivity index (χ1) is 9.06. The number of aromatic carboxylic acids is 1. The average molecular weight is 258 g/mol. The Morgan fingerprint density at radius 3 is 2.68 bits per heavy atom. The van der Waals surface area contributed by atoms with E-state index in [-0.39, 0.29) is 18.0 Å². The van der Waals surface area contributed by atoms with Crippen molar-refractivity contribution in [1.82, 2.24) is 9.78 Å². The number of esters is 1. The highest BCUT2D eigenvalue weighted by Crippen LogP contribution is 2.31. The van der Waals surface area contributed by atoms with Gasteiger partial charge in [-0.25, -0.2) is 9.48 Å². The van der Waals surface area contributed by atoms with Crippen LogP contribution in [-0.4, -0.2) is 26.8 Å². The molecule has 0 saturated carbocycles. The molecule has 1 aromatic heterocycles. The predicted molar refractivity (Wildman–Crippen MR) is 64.6 cm³/mol. The number of nitrogens with zero attached hydrogens (tertiary/aromatic N) is 2. The van der Waals surface area contributed by atoms with Gasteiger partial charge in [-0.05, 0) is 31.2 Å².